The Morgan fingerprint density at radius 3 is 2.86 bits per heavy atom. The number of nitrogens with one attached hydrogen (secondary N) is 1. The number of anilines is 1. The Labute approximate surface area is 170 Å². The van der Waals surface area contributed by atoms with Gasteiger partial charge < -0.3 is 14.4 Å². The van der Waals surface area contributed by atoms with E-state index in [9.17, 15) is 0 Å². The number of ether oxygens (including phenoxy) is 2. The van der Waals surface area contributed by atoms with Gasteiger partial charge in [0.15, 0.2) is 12.0 Å². The molecule has 2 aromatic rings. The Morgan fingerprint density at radius 1 is 1.29 bits per heavy atom. The van der Waals surface area contributed by atoms with Gasteiger partial charge in [-0.15, -0.1) is 0 Å². The molecule has 7 heteroatoms. The summed E-state index contributed by atoms with van der Waals surface area (Å²) in [6, 6.07) is 8.30. The number of methoxy groups -OCH3 is 1. The molecule has 0 saturated heterocycles. The van der Waals surface area contributed by atoms with Crippen molar-refractivity contribution in [3.8, 4) is 5.75 Å². The van der Waals surface area contributed by atoms with Gasteiger partial charge >= 0.3 is 0 Å². The molecule has 1 aliphatic heterocycles. The first-order valence-corrected chi connectivity index (χ1v) is 10.6. The average molecular weight is 399 g/mol. The molecule has 1 aliphatic carbocycles. The molecule has 6 nitrogen and oxygen atoms in total. The molecule has 1 aromatic heterocycles. The van der Waals surface area contributed by atoms with Gasteiger partial charge in [0.2, 0.25) is 5.95 Å². The topological polar surface area (TPSA) is 59.5 Å². The van der Waals surface area contributed by atoms with Crippen molar-refractivity contribution in [2.24, 2.45) is 5.92 Å². The van der Waals surface area contributed by atoms with E-state index in [1.807, 2.05) is 19.2 Å². The standard InChI is InChI=1S/C21H26N4O2S/c1-4-28-24-21-22-11-18(27-13-14-9-10-14)19(23-21)17-12-25(2)20(26-3)16-8-6-5-7-15(16)17/h5-8,11-12,14,20H,4,9-10,13H2,1-3H3,(H,22,23,24). The molecule has 0 spiro atoms. The second kappa shape index (κ2) is 8.41. The van der Waals surface area contributed by atoms with Crippen LogP contribution in [0.1, 0.15) is 42.8 Å². The number of rotatable bonds is 8. The number of nitrogens with zero attached hydrogens (tertiary/aromatic N) is 3. The summed E-state index contributed by atoms with van der Waals surface area (Å²) in [5.74, 6) is 2.91. The van der Waals surface area contributed by atoms with Crippen LogP contribution in [0.15, 0.2) is 36.7 Å². The van der Waals surface area contributed by atoms with Gasteiger partial charge in [0.1, 0.15) is 5.69 Å². The summed E-state index contributed by atoms with van der Waals surface area (Å²) in [5.41, 5.74) is 4.05. The second-order valence-corrected chi connectivity index (χ2v) is 8.15. The fourth-order valence-electron chi connectivity index (χ4n) is 3.35. The molecule has 148 valence electrons. The molecule has 28 heavy (non-hydrogen) atoms. The van der Waals surface area contributed by atoms with Gasteiger partial charge in [-0.25, -0.2) is 9.97 Å². The lowest BCUT2D eigenvalue weighted by Gasteiger charge is -2.33. The average Bonchev–Trinajstić information content (AvgIpc) is 3.55. The summed E-state index contributed by atoms with van der Waals surface area (Å²) in [7, 11) is 3.75. The van der Waals surface area contributed by atoms with Crippen molar-refractivity contribution in [3.63, 3.8) is 0 Å². The number of hydrogen-bond donors (Lipinski definition) is 1. The number of fused-ring (bicyclic) bond motifs is 1. The van der Waals surface area contributed by atoms with Crippen LogP contribution in [-0.4, -0.2) is 41.4 Å². The van der Waals surface area contributed by atoms with Crippen LogP contribution in [0, 0.1) is 5.92 Å². The molecule has 1 fully saturated rings. The zero-order valence-corrected chi connectivity index (χ0v) is 17.3. The van der Waals surface area contributed by atoms with Crippen molar-refractivity contribution in [1.82, 2.24) is 14.9 Å². The third-order valence-corrected chi connectivity index (χ3v) is 5.55. The van der Waals surface area contributed by atoms with Crippen molar-refractivity contribution in [2.75, 3.05) is 31.2 Å². The van der Waals surface area contributed by atoms with Gasteiger partial charge in [-0.05, 0) is 24.3 Å². The fraction of sp³-hybridized carbons (Fsp3) is 0.429. The lowest BCUT2D eigenvalue weighted by Crippen LogP contribution is -2.26. The Morgan fingerprint density at radius 2 is 2.11 bits per heavy atom. The van der Waals surface area contributed by atoms with E-state index >= 15 is 0 Å². The molecule has 4 rings (SSSR count). The zero-order chi connectivity index (χ0) is 19.5. The van der Waals surface area contributed by atoms with Crippen LogP contribution >= 0.6 is 11.9 Å². The zero-order valence-electron chi connectivity index (χ0n) is 16.5. The molecule has 1 atom stereocenters. The van der Waals surface area contributed by atoms with E-state index in [4.69, 9.17) is 14.5 Å². The summed E-state index contributed by atoms with van der Waals surface area (Å²) in [6.45, 7) is 2.81. The van der Waals surface area contributed by atoms with E-state index in [0.29, 0.717) is 11.9 Å². The highest BCUT2D eigenvalue weighted by molar-refractivity contribution is 8.00. The van der Waals surface area contributed by atoms with Crippen LogP contribution < -0.4 is 9.46 Å². The number of benzene rings is 1. The van der Waals surface area contributed by atoms with Crippen LogP contribution in [0.25, 0.3) is 5.57 Å². The molecular formula is C21H26N4O2S. The van der Waals surface area contributed by atoms with Crippen LogP contribution in [0.3, 0.4) is 0 Å². The minimum absolute atomic E-state index is 0.120. The molecule has 2 aliphatic rings. The minimum atomic E-state index is -0.120. The molecule has 2 heterocycles. The predicted octanol–water partition coefficient (Wildman–Crippen LogP) is 4.33. The van der Waals surface area contributed by atoms with Crippen molar-refractivity contribution < 1.29 is 9.47 Å². The van der Waals surface area contributed by atoms with E-state index in [-0.39, 0.29) is 6.23 Å². The van der Waals surface area contributed by atoms with Gasteiger partial charge in [0.25, 0.3) is 0 Å². The summed E-state index contributed by atoms with van der Waals surface area (Å²) in [5, 5.41) is 0. The molecule has 1 aromatic carbocycles. The Balaban J connectivity index is 1.76. The van der Waals surface area contributed by atoms with E-state index in [1.54, 1.807) is 25.3 Å². The van der Waals surface area contributed by atoms with Crippen molar-refractivity contribution in [1.29, 1.82) is 0 Å². The third kappa shape index (κ3) is 3.95. The van der Waals surface area contributed by atoms with Crippen molar-refractivity contribution in [2.45, 2.75) is 26.0 Å². The largest absolute Gasteiger partial charge is 0.489 e. The first-order chi connectivity index (χ1) is 13.7. The minimum Gasteiger partial charge on any atom is -0.489 e. The first kappa shape index (κ1) is 19.1. The van der Waals surface area contributed by atoms with E-state index in [0.717, 1.165) is 40.5 Å². The Hall–Kier alpha value is -2.25. The molecule has 0 bridgehead atoms. The highest BCUT2D eigenvalue weighted by Gasteiger charge is 2.29. The molecule has 1 N–H and O–H groups in total. The maximum atomic E-state index is 6.13. The lowest BCUT2D eigenvalue weighted by molar-refractivity contribution is 0.00457. The summed E-state index contributed by atoms with van der Waals surface area (Å²) < 4.78 is 15.0. The maximum Gasteiger partial charge on any atom is 0.233 e. The number of hydrogen-bond acceptors (Lipinski definition) is 7. The smallest absolute Gasteiger partial charge is 0.233 e. The summed E-state index contributed by atoms with van der Waals surface area (Å²) >= 11 is 1.58. The highest BCUT2D eigenvalue weighted by atomic mass is 32.2. The first-order valence-electron chi connectivity index (χ1n) is 9.65. The van der Waals surface area contributed by atoms with Gasteiger partial charge in [0, 0.05) is 37.2 Å². The van der Waals surface area contributed by atoms with E-state index in [2.05, 4.69) is 39.9 Å². The normalized spacial score (nSPS) is 18.5. The van der Waals surface area contributed by atoms with Crippen LogP contribution in [0.5, 0.6) is 5.75 Å². The van der Waals surface area contributed by atoms with Crippen LogP contribution in [0.2, 0.25) is 0 Å². The molecule has 0 radical (unpaired) electrons. The SMILES string of the molecule is CCSNc1ncc(OCC2CC2)c(C2=CN(C)C(OC)c3ccccc32)n1. The maximum absolute atomic E-state index is 6.13. The molecule has 1 saturated carbocycles. The van der Waals surface area contributed by atoms with E-state index in [1.165, 1.54) is 12.8 Å². The van der Waals surface area contributed by atoms with Gasteiger partial charge in [0.05, 0.1) is 12.8 Å². The van der Waals surface area contributed by atoms with Gasteiger partial charge in [-0.2, -0.15) is 0 Å². The van der Waals surface area contributed by atoms with Gasteiger partial charge in [-0.1, -0.05) is 43.1 Å². The number of aromatic nitrogens is 2. The monoisotopic (exact) mass is 398 g/mol. The van der Waals surface area contributed by atoms with Crippen LogP contribution in [0.4, 0.5) is 5.95 Å². The quantitative estimate of drug-likeness (QED) is 0.664. The summed E-state index contributed by atoms with van der Waals surface area (Å²) in [4.78, 5) is 11.3. The lowest BCUT2D eigenvalue weighted by atomic mass is 9.93. The van der Waals surface area contributed by atoms with Crippen LogP contribution in [-0.2, 0) is 4.74 Å². The predicted molar refractivity (Wildman–Crippen MR) is 113 cm³/mol. The summed E-state index contributed by atoms with van der Waals surface area (Å²) in [6.07, 6.45) is 6.24. The van der Waals surface area contributed by atoms with Crippen molar-refractivity contribution >= 4 is 23.5 Å². The third-order valence-electron chi connectivity index (χ3n) is 4.93. The molecular weight excluding hydrogens is 372 g/mol. The second-order valence-electron chi connectivity index (χ2n) is 7.08. The van der Waals surface area contributed by atoms with Gasteiger partial charge in [-0.3, -0.25) is 4.72 Å². The fourth-order valence-corrected chi connectivity index (χ4v) is 3.72. The Kier molecular flexibility index (Phi) is 5.73. The highest BCUT2D eigenvalue weighted by Crippen LogP contribution is 2.40. The molecule has 1 unspecified atom stereocenters. The molecule has 0 amide bonds. The van der Waals surface area contributed by atoms with Crippen molar-refractivity contribution in [3.05, 3.63) is 53.5 Å². The Bertz CT molecular complexity index is 869. The van der Waals surface area contributed by atoms with E-state index < -0.39 is 0 Å².